The molecule has 0 N–H and O–H groups in total. The van der Waals surface area contributed by atoms with Crippen LogP contribution in [-0.4, -0.2) is 17.2 Å². The molecule has 0 unspecified atom stereocenters. The van der Waals surface area contributed by atoms with Crippen molar-refractivity contribution in [2.45, 2.75) is 38.9 Å². The van der Waals surface area contributed by atoms with Gasteiger partial charge in [0, 0.05) is 32.9 Å². The highest BCUT2D eigenvalue weighted by atomic mass is 28.3. The maximum absolute atomic E-state index is 2.54. The third-order valence-electron chi connectivity index (χ3n) is 9.24. The zero-order valence-electron chi connectivity index (χ0n) is 23.0. The summed E-state index contributed by atoms with van der Waals surface area (Å²) in [6.45, 7) is 7.19. The van der Waals surface area contributed by atoms with E-state index in [1.807, 2.05) is 0 Å². The fraction of sp³-hybridized carbons (Fsp3) is 0.167. The summed E-state index contributed by atoms with van der Waals surface area (Å²) in [5.41, 5.74) is 7.40. The Hall–Kier alpha value is -4.08. The van der Waals surface area contributed by atoms with E-state index < -0.39 is 8.07 Å². The second kappa shape index (κ2) is 9.28. The van der Waals surface area contributed by atoms with Crippen LogP contribution in [0.3, 0.4) is 0 Å². The lowest BCUT2D eigenvalue weighted by Crippen LogP contribution is -2.45. The van der Waals surface area contributed by atoms with Crippen molar-refractivity contribution in [2.24, 2.45) is 0 Å². The van der Waals surface area contributed by atoms with Gasteiger partial charge in [0.2, 0.25) is 0 Å². The van der Waals surface area contributed by atoms with Crippen LogP contribution in [0, 0.1) is 0 Å². The molecule has 0 aliphatic heterocycles. The highest BCUT2D eigenvalue weighted by Crippen LogP contribution is 2.35. The van der Waals surface area contributed by atoms with Gasteiger partial charge in [0.25, 0.3) is 0 Å². The van der Waals surface area contributed by atoms with Crippen LogP contribution in [0.4, 0.5) is 0 Å². The summed E-state index contributed by atoms with van der Waals surface area (Å²) < 4.78 is 4.86. The molecule has 7 aromatic rings. The van der Waals surface area contributed by atoms with Gasteiger partial charge in [-0.1, -0.05) is 117 Å². The molecule has 0 aliphatic rings. The van der Waals surface area contributed by atoms with E-state index in [1.54, 1.807) is 5.19 Å². The zero-order chi connectivity index (χ0) is 26.6. The third kappa shape index (κ3) is 3.53. The van der Waals surface area contributed by atoms with Crippen LogP contribution in [0.1, 0.15) is 20.8 Å². The molecule has 0 atom stereocenters. The first kappa shape index (κ1) is 24.0. The van der Waals surface area contributed by atoms with Crippen molar-refractivity contribution < 1.29 is 0 Å². The maximum atomic E-state index is 2.54. The molecular weight excluding hydrogens is 488 g/mol. The largest absolute Gasteiger partial charge is 0.309 e. The molecule has 0 aliphatic carbocycles. The molecule has 0 saturated carbocycles. The molecule has 5 aromatic carbocycles. The Morgan fingerprint density at radius 3 is 1.36 bits per heavy atom. The van der Waals surface area contributed by atoms with Crippen LogP contribution in [0.5, 0.6) is 0 Å². The number of hydrogen-bond donors (Lipinski definition) is 0. The van der Waals surface area contributed by atoms with E-state index >= 15 is 0 Å². The molecule has 2 heterocycles. The van der Waals surface area contributed by atoms with E-state index in [0.717, 1.165) is 0 Å². The maximum Gasteiger partial charge on any atom is 0.0859 e. The van der Waals surface area contributed by atoms with Crippen molar-refractivity contribution in [1.29, 1.82) is 0 Å². The van der Waals surface area contributed by atoms with E-state index in [4.69, 9.17) is 0 Å². The van der Waals surface area contributed by atoms with E-state index in [-0.39, 0.29) is 0 Å². The number of rotatable bonds is 6. The Bertz CT molecular complexity index is 1930. The summed E-state index contributed by atoms with van der Waals surface area (Å²) in [7, 11) is -1.48. The second-order valence-electron chi connectivity index (χ2n) is 10.8. The Balaban J connectivity index is 1.48. The van der Waals surface area contributed by atoms with Crippen molar-refractivity contribution in [3.8, 4) is 11.4 Å². The summed E-state index contributed by atoms with van der Waals surface area (Å²) in [5, 5.41) is 6.89. The molecule has 0 spiro atoms. The Morgan fingerprint density at radius 2 is 0.872 bits per heavy atom. The quantitative estimate of drug-likeness (QED) is 0.192. The number of aromatic nitrogens is 2. The Labute approximate surface area is 231 Å². The first-order chi connectivity index (χ1) is 19.2. The molecule has 2 aromatic heterocycles. The number of para-hydroxylation sites is 3. The van der Waals surface area contributed by atoms with Gasteiger partial charge in [0.05, 0.1) is 30.1 Å². The van der Waals surface area contributed by atoms with Gasteiger partial charge in [-0.3, -0.25) is 0 Å². The van der Waals surface area contributed by atoms with Gasteiger partial charge < -0.3 is 9.13 Å². The van der Waals surface area contributed by atoms with Crippen LogP contribution in [0.2, 0.25) is 18.1 Å². The smallest absolute Gasteiger partial charge is 0.0859 e. The first-order valence-electron chi connectivity index (χ1n) is 14.3. The van der Waals surface area contributed by atoms with E-state index in [9.17, 15) is 0 Å². The lowest BCUT2D eigenvalue weighted by Gasteiger charge is -2.28. The van der Waals surface area contributed by atoms with Crippen molar-refractivity contribution in [2.75, 3.05) is 0 Å². The Kier molecular flexibility index (Phi) is 5.71. The SMILES string of the molecule is CC[Si](CC)(CC)c1ccc2c(c1)c1ccccc1n2-c1cccc(-n2c3ccccc3c3ccccc32)c1. The molecule has 3 heteroatoms. The van der Waals surface area contributed by atoms with Crippen molar-refractivity contribution in [3.05, 3.63) is 115 Å². The molecule has 0 bridgehead atoms. The highest BCUT2D eigenvalue weighted by molar-refractivity contribution is 6.91. The fourth-order valence-electron chi connectivity index (χ4n) is 6.92. The van der Waals surface area contributed by atoms with Crippen LogP contribution >= 0.6 is 0 Å². The number of fused-ring (bicyclic) bond motifs is 6. The lowest BCUT2D eigenvalue weighted by molar-refractivity contribution is 1.13. The van der Waals surface area contributed by atoms with Gasteiger partial charge in [-0.2, -0.15) is 0 Å². The minimum atomic E-state index is -1.48. The van der Waals surface area contributed by atoms with E-state index in [1.165, 1.54) is 73.1 Å². The van der Waals surface area contributed by atoms with E-state index in [0.29, 0.717) is 0 Å². The fourth-order valence-corrected chi connectivity index (χ4v) is 10.5. The zero-order valence-corrected chi connectivity index (χ0v) is 24.0. The molecule has 39 heavy (non-hydrogen) atoms. The van der Waals surface area contributed by atoms with Gasteiger partial charge in [0.1, 0.15) is 0 Å². The first-order valence-corrected chi connectivity index (χ1v) is 16.9. The van der Waals surface area contributed by atoms with Crippen molar-refractivity contribution in [1.82, 2.24) is 9.13 Å². The monoisotopic (exact) mass is 522 g/mol. The molecule has 0 fully saturated rings. The van der Waals surface area contributed by atoms with E-state index in [2.05, 4.69) is 145 Å². The number of nitrogens with zero attached hydrogens (tertiary/aromatic N) is 2. The van der Waals surface area contributed by atoms with Gasteiger partial charge in [0.15, 0.2) is 0 Å². The molecule has 0 saturated heterocycles. The predicted molar refractivity (Wildman–Crippen MR) is 172 cm³/mol. The molecule has 0 amide bonds. The molecule has 0 radical (unpaired) electrons. The standard InChI is InChI=1S/C36H34N2Si/c1-4-39(5-2,6-3)28-22-23-36-32(25-28)31-18-9-12-21-35(31)38(36)27-15-13-14-26(24-27)37-33-19-10-7-16-29(33)30-17-8-11-20-34(30)37/h7-25H,4-6H2,1-3H3. The van der Waals surface area contributed by atoms with Gasteiger partial charge in [-0.05, 0) is 42.5 Å². The van der Waals surface area contributed by atoms with Crippen LogP contribution in [-0.2, 0) is 0 Å². The number of hydrogen-bond acceptors (Lipinski definition) is 0. The highest BCUT2D eigenvalue weighted by Gasteiger charge is 2.29. The average molecular weight is 523 g/mol. The van der Waals surface area contributed by atoms with Gasteiger partial charge in [-0.15, -0.1) is 0 Å². The summed E-state index contributed by atoms with van der Waals surface area (Å²) in [4.78, 5) is 0. The minimum absolute atomic E-state index is 1.18. The van der Waals surface area contributed by atoms with Crippen LogP contribution in [0.25, 0.3) is 55.0 Å². The number of benzene rings is 5. The summed E-state index contributed by atoms with van der Waals surface area (Å²) >= 11 is 0. The average Bonchev–Trinajstić information content (AvgIpc) is 3.51. The topological polar surface area (TPSA) is 9.86 Å². The molecule has 192 valence electrons. The normalized spacial score (nSPS) is 12.3. The van der Waals surface area contributed by atoms with Crippen molar-refractivity contribution >= 4 is 56.9 Å². The van der Waals surface area contributed by atoms with Crippen LogP contribution < -0.4 is 5.19 Å². The summed E-state index contributed by atoms with van der Waals surface area (Å²) in [6, 6.07) is 46.7. The van der Waals surface area contributed by atoms with Crippen molar-refractivity contribution in [3.63, 3.8) is 0 Å². The second-order valence-corrected chi connectivity index (χ2v) is 16.1. The third-order valence-corrected chi connectivity index (χ3v) is 14.8. The molecule has 2 nitrogen and oxygen atoms in total. The summed E-state index contributed by atoms with van der Waals surface area (Å²) in [6.07, 6.45) is 0. The lowest BCUT2D eigenvalue weighted by atomic mass is 10.1. The minimum Gasteiger partial charge on any atom is -0.309 e. The van der Waals surface area contributed by atoms with Gasteiger partial charge in [-0.25, -0.2) is 0 Å². The Morgan fingerprint density at radius 1 is 0.436 bits per heavy atom. The molecule has 7 rings (SSSR count). The predicted octanol–water partition coefficient (Wildman–Crippen LogP) is 9.60. The summed E-state index contributed by atoms with van der Waals surface area (Å²) in [5.74, 6) is 0. The molecular formula is C36H34N2Si. The van der Waals surface area contributed by atoms with Crippen LogP contribution in [0.15, 0.2) is 115 Å². The van der Waals surface area contributed by atoms with Gasteiger partial charge >= 0.3 is 0 Å².